The summed E-state index contributed by atoms with van der Waals surface area (Å²) in [4.78, 5) is 0. The van der Waals surface area contributed by atoms with Crippen LogP contribution in [-0.4, -0.2) is 0 Å². The molecule has 0 spiro atoms. The van der Waals surface area contributed by atoms with E-state index in [9.17, 15) is 0 Å². The fourth-order valence-electron chi connectivity index (χ4n) is 5.21. The van der Waals surface area contributed by atoms with E-state index in [1.165, 1.54) is 39.0 Å². The van der Waals surface area contributed by atoms with E-state index in [2.05, 4.69) is 145 Å². The zero-order valence-corrected chi connectivity index (χ0v) is 20.5. The van der Waals surface area contributed by atoms with E-state index in [-0.39, 0.29) is 5.92 Å². The third-order valence-corrected chi connectivity index (χ3v) is 6.82. The summed E-state index contributed by atoms with van der Waals surface area (Å²) in [6.07, 6.45) is 0. The second kappa shape index (κ2) is 10.4. The van der Waals surface area contributed by atoms with Crippen molar-refractivity contribution in [2.45, 2.75) is 5.92 Å². The Balaban J connectivity index is 1.72. The van der Waals surface area contributed by atoms with Crippen molar-refractivity contribution in [3.8, 4) is 11.8 Å². The fraction of sp³-hybridized carbons (Fsp3) is 0.0270. The zero-order valence-electron chi connectivity index (χ0n) is 20.5. The predicted molar refractivity (Wildman–Crippen MR) is 156 cm³/mol. The van der Waals surface area contributed by atoms with Gasteiger partial charge in [-0.05, 0) is 45.5 Å². The van der Waals surface area contributed by atoms with E-state index >= 15 is 0 Å². The van der Waals surface area contributed by atoms with Crippen LogP contribution in [0.3, 0.4) is 0 Å². The first-order chi connectivity index (χ1) is 18.4. The molecule has 5 aromatic rings. The molecule has 1 atom stereocenters. The molecule has 6 rings (SSSR count). The Labute approximate surface area is 219 Å². The van der Waals surface area contributed by atoms with Crippen molar-refractivity contribution in [2.24, 2.45) is 0 Å². The summed E-state index contributed by atoms with van der Waals surface area (Å²) in [5.41, 5.74) is 10.8. The monoisotopic (exact) mass is 470 g/mol. The molecule has 5 aromatic carbocycles. The normalized spacial score (nSPS) is 14.9. The highest BCUT2D eigenvalue weighted by atomic mass is 14.4. The van der Waals surface area contributed by atoms with Crippen LogP contribution in [0.1, 0.15) is 33.7 Å². The summed E-state index contributed by atoms with van der Waals surface area (Å²) in [5.74, 6) is 7.20. The van der Waals surface area contributed by atoms with Gasteiger partial charge >= 0.3 is 0 Å². The van der Waals surface area contributed by atoms with Crippen LogP contribution in [0.15, 0.2) is 157 Å². The highest BCUT2D eigenvalue weighted by Crippen LogP contribution is 2.55. The highest BCUT2D eigenvalue weighted by Gasteiger charge is 2.36. The number of hydrogen-bond acceptors (Lipinski definition) is 0. The Hall–Kier alpha value is -4.86. The molecule has 0 aromatic heterocycles. The van der Waals surface area contributed by atoms with Crippen LogP contribution in [0.2, 0.25) is 0 Å². The lowest BCUT2D eigenvalue weighted by Gasteiger charge is -2.19. The fourth-order valence-corrected chi connectivity index (χ4v) is 5.21. The quantitative estimate of drug-likeness (QED) is 0.230. The molecule has 0 radical (unpaired) electrons. The van der Waals surface area contributed by atoms with E-state index < -0.39 is 0 Å². The van der Waals surface area contributed by atoms with Crippen molar-refractivity contribution in [1.29, 1.82) is 0 Å². The molecule has 0 heteroatoms. The second-order valence-electron chi connectivity index (χ2n) is 9.14. The van der Waals surface area contributed by atoms with Gasteiger partial charge in [-0.1, -0.05) is 151 Å². The molecule has 1 aliphatic carbocycles. The summed E-state index contributed by atoms with van der Waals surface area (Å²) in [7, 11) is 0. The summed E-state index contributed by atoms with van der Waals surface area (Å²) < 4.78 is 0. The van der Waals surface area contributed by atoms with Crippen LogP contribution in [0.5, 0.6) is 0 Å². The number of benzene rings is 5. The van der Waals surface area contributed by atoms with Crippen LogP contribution < -0.4 is 0 Å². The molecule has 0 heterocycles. The van der Waals surface area contributed by atoms with Crippen LogP contribution in [-0.2, 0) is 0 Å². The number of allylic oxidation sites excluding steroid dienone is 4. The van der Waals surface area contributed by atoms with E-state index in [1.54, 1.807) is 0 Å². The maximum absolute atomic E-state index is 3.68. The van der Waals surface area contributed by atoms with Gasteiger partial charge in [0.1, 0.15) is 0 Å². The summed E-state index contributed by atoms with van der Waals surface area (Å²) in [6, 6.07) is 53.4. The molecule has 1 aliphatic rings. The number of hydrogen-bond donors (Lipinski definition) is 0. The van der Waals surface area contributed by atoms with Gasteiger partial charge in [0.05, 0.1) is 0 Å². The van der Waals surface area contributed by atoms with Gasteiger partial charge in [0.15, 0.2) is 0 Å². The average Bonchev–Trinajstić information content (AvgIpc) is 3.33. The van der Waals surface area contributed by atoms with Gasteiger partial charge in [0, 0.05) is 22.6 Å². The van der Waals surface area contributed by atoms with Crippen molar-refractivity contribution in [3.63, 3.8) is 0 Å². The lowest BCUT2D eigenvalue weighted by atomic mass is 9.83. The van der Waals surface area contributed by atoms with Crippen molar-refractivity contribution in [3.05, 3.63) is 185 Å². The van der Waals surface area contributed by atoms with Crippen molar-refractivity contribution < 1.29 is 0 Å². The van der Waals surface area contributed by atoms with Gasteiger partial charge in [-0.3, -0.25) is 0 Å². The van der Waals surface area contributed by atoms with Crippen LogP contribution in [0.4, 0.5) is 0 Å². The van der Waals surface area contributed by atoms with E-state index in [4.69, 9.17) is 0 Å². The molecule has 1 unspecified atom stereocenters. The van der Waals surface area contributed by atoms with Crippen molar-refractivity contribution >= 4 is 16.7 Å². The molecule has 0 saturated heterocycles. The SMILES string of the molecule is C(#Cc1ccccc1)C1=C(c2ccccc2)C(c2ccccc2)=C(c2ccccc2)C1c1ccccc1. The van der Waals surface area contributed by atoms with Gasteiger partial charge in [0.25, 0.3) is 0 Å². The Bertz CT molecular complexity index is 1610. The van der Waals surface area contributed by atoms with Crippen LogP contribution >= 0.6 is 0 Å². The lowest BCUT2D eigenvalue weighted by molar-refractivity contribution is 1.08. The van der Waals surface area contributed by atoms with E-state index in [0.29, 0.717) is 0 Å². The summed E-state index contributed by atoms with van der Waals surface area (Å²) in [6.45, 7) is 0. The Morgan fingerprint density at radius 3 is 1.35 bits per heavy atom. The van der Waals surface area contributed by atoms with E-state index in [0.717, 1.165) is 11.1 Å². The highest BCUT2D eigenvalue weighted by molar-refractivity contribution is 6.22. The second-order valence-corrected chi connectivity index (χ2v) is 9.14. The first kappa shape index (κ1) is 22.6. The van der Waals surface area contributed by atoms with Crippen molar-refractivity contribution in [2.75, 3.05) is 0 Å². The molecule has 0 bridgehead atoms. The molecule has 0 aliphatic heterocycles. The summed E-state index contributed by atoms with van der Waals surface area (Å²) in [5, 5.41) is 0. The molecule has 0 nitrogen and oxygen atoms in total. The molecule has 0 amide bonds. The molecular weight excluding hydrogens is 444 g/mol. The Kier molecular flexibility index (Phi) is 6.35. The van der Waals surface area contributed by atoms with Gasteiger partial charge in [-0.15, -0.1) is 0 Å². The van der Waals surface area contributed by atoms with Gasteiger partial charge in [0.2, 0.25) is 0 Å². The molecule has 0 fully saturated rings. The zero-order chi connectivity index (χ0) is 24.9. The molecule has 174 valence electrons. The van der Waals surface area contributed by atoms with Gasteiger partial charge in [-0.2, -0.15) is 0 Å². The standard InChI is InChI=1S/C37H26/c1-6-16-28(17-7-1)26-27-33-34(29-18-8-2-9-19-29)36(31-22-12-4-13-23-31)37(32-24-14-5-15-25-32)35(33)30-20-10-3-11-21-30/h1-25,34H. The first-order valence-corrected chi connectivity index (χ1v) is 12.7. The minimum atomic E-state index is 0.0187. The van der Waals surface area contributed by atoms with Gasteiger partial charge in [-0.25, -0.2) is 0 Å². The molecular formula is C37H26. The average molecular weight is 471 g/mol. The minimum absolute atomic E-state index is 0.0187. The lowest BCUT2D eigenvalue weighted by Crippen LogP contribution is -2.02. The minimum Gasteiger partial charge on any atom is -0.0644 e. The Morgan fingerprint density at radius 1 is 0.378 bits per heavy atom. The topological polar surface area (TPSA) is 0 Å². The smallest absolute Gasteiger partial charge is 0.0438 e. The Morgan fingerprint density at radius 2 is 0.811 bits per heavy atom. The van der Waals surface area contributed by atoms with Crippen LogP contribution in [0, 0.1) is 11.8 Å². The van der Waals surface area contributed by atoms with Gasteiger partial charge < -0.3 is 0 Å². The molecule has 37 heavy (non-hydrogen) atoms. The maximum atomic E-state index is 3.68. The largest absolute Gasteiger partial charge is 0.0644 e. The third kappa shape index (κ3) is 4.56. The maximum Gasteiger partial charge on any atom is 0.0438 e. The predicted octanol–water partition coefficient (Wildman–Crippen LogP) is 8.90. The van der Waals surface area contributed by atoms with Crippen LogP contribution in [0.25, 0.3) is 16.7 Å². The van der Waals surface area contributed by atoms with E-state index in [1.807, 2.05) is 18.2 Å². The molecule has 0 saturated carbocycles. The third-order valence-electron chi connectivity index (χ3n) is 6.82. The summed E-state index contributed by atoms with van der Waals surface area (Å²) >= 11 is 0. The van der Waals surface area contributed by atoms with Crippen molar-refractivity contribution in [1.82, 2.24) is 0 Å². The molecule has 0 N–H and O–H groups in total. The first-order valence-electron chi connectivity index (χ1n) is 12.7. The number of rotatable bonds is 4.